The lowest BCUT2D eigenvalue weighted by Gasteiger charge is -2.41. The number of urea groups is 1. The molecule has 0 aliphatic carbocycles. The van der Waals surface area contributed by atoms with E-state index in [0.717, 1.165) is 32.4 Å². The molecule has 0 aromatic carbocycles. The summed E-state index contributed by atoms with van der Waals surface area (Å²) in [7, 11) is 1.62. The summed E-state index contributed by atoms with van der Waals surface area (Å²) in [6.07, 6.45) is 4.80. The van der Waals surface area contributed by atoms with Gasteiger partial charge in [-0.3, -0.25) is 4.79 Å². The average molecular weight is 298 g/mol. The van der Waals surface area contributed by atoms with E-state index < -0.39 is 11.4 Å². The van der Waals surface area contributed by atoms with Crippen LogP contribution in [0.15, 0.2) is 0 Å². The van der Waals surface area contributed by atoms with E-state index in [1.54, 1.807) is 12.0 Å². The molecule has 2 amide bonds. The molecular formula is C15H26N2O4. The lowest BCUT2D eigenvalue weighted by Crippen LogP contribution is -2.53. The largest absolute Gasteiger partial charge is 0.481 e. The molecule has 0 radical (unpaired) electrons. The van der Waals surface area contributed by atoms with Crippen LogP contribution in [0.25, 0.3) is 0 Å². The number of ether oxygens (including phenoxy) is 1. The SMILES string of the molecule is COCCCC1(C(=O)O)CCCN(C(=O)N2CCCC2)C1. The minimum absolute atomic E-state index is 0.0181. The van der Waals surface area contributed by atoms with E-state index in [9.17, 15) is 14.7 Å². The number of piperidine rings is 1. The third-order valence-electron chi connectivity index (χ3n) is 4.68. The Morgan fingerprint density at radius 1 is 1.14 bits per heavy atom. The van der Waals surface area contributed by atoms with Gasteiger partial charge in [0, 0.05) is 39.9 Å². The summed E-state index contributed by atoms with van der Waals surface area (Å²) in [4.78, 5) is 27.8. The summed E-state index contributed by atoms with van der Waals surface area (Å²) >= 11 is 0. The zero-order chi connectivity index (χ0) is 15.3. The van der Waals surface area contributed by atoms with Crippen molar-refractivity contribution in [3.8, 4) is 0 Å². The van der Waals surface area contributed by atoms with Crippen molar-refractivity contribution in [3.05, 3.63) is 0 Å². The third kappa shape index (κ3) is 3.67. The van der Waals surface area contributed by atoms with E-state index in [1.807, 2.05) is 4.90 Å². The minimum atomic E-state index is -0.799. The highest BCUT2D eigenvalue weighted by Crippen LogP contribution is 2.35. The van der Waals surface area contributed by atoms with Gasteiger partial charge in [-0.05, 0) is 38.5 Å². The van der Waals surface area contributed by atoms with Crippen molar-refractivity contribution in [2.24, 2.45) is 5.41 Å². The van der Waals surface area contributed by atoms with Crippen LogP contribution in [0.4, 0.5) is 4.79 Å². The van der Waals surface area contributed by atoms with E-state index >= 15 is 0 Å². The van der Waals surface area contributed by atoms with Crippen molar-refractivity contribution in [3.63, 3.8) is 0 Å². The van der Waals surface area contributed by atoms with E-state index in [4.69, 9.17) is 4.74 Å². The summed E-state index contributed by atoms with van der Waals surface area (Å²) in [6.45, 7) is 3.18. The quantitative estimate of drug-likeness (QED) is 0.786. The number of carboxylic acid groups (broad SMARTS) is 1. The van der Waals surface area contributed by atoms with Crippen LogP contribution in [0.1, 0.15) is 38.5 Å². The number of carbonyl (C=O) groups is 2. The Bertz CT molecular complexity index is 382. The number of hydrogen-bond acceptors (Lipinski definition) is 3. The number of aliphatic carboxylic acids is 1. The zero-order valence-electron chi connectivity index (χ0n) is 12.8. The molecule has 0 saturated carbocycles. The lowest BCUT2D eigenvalue weighted by molar-refractivity contribution is -0.152. The van der Waals surface area contributed by atoms with Gasteiger partial charge in [-0.25, -0.2) is 4.79 Å². The van der Waals surface area contributed by atoms with Gasteiger partial charge in [-0.15, -0.1) is 0 Å². The lowest BCUT2D eigenvalue weighted by atomic mass is 9.76. The van der Waals surface area contributed by atoms with Crippen molar-refractivity contribution >= 4 is 12.0 Å². The molecule has 1 atom stereocenters. The number of methoxy groups -OCH3 is 1. The van der Waals surface area contributed by atoms with E-state index in [1.165, 1.54) is 0 Å². The van der Waals surface area contributed by atoms with Gasteiger partial charge in [0.1, 0.15) is 0 Å². The Kier molecular flexibility index (Phi) is 5.45. The molecule has 2 aliphatic heterocycles. The third-order valence-corrected chi connectivity index (χ3v) is 4.68. The van der Waals surface area contributed by atoms with Crippen LogP contribution in [0.5, 0.6) is 0 Å². The standard InChI is InChI=1S/C15H26N2O4/c1-21-11-5-7-15(13(18)19)6-4-10-17(12-15)14(20)16-8-2-3-9-16/h2-12H2,1H3,(H,18,19). The van der Waals surface area contributed by atoms with Crippen molar-refractivity contribution < 1.29 is 19.4 Å². The van der Waals surface area contributed by atoms with Crippen LogP contribution in [0.2, 0.25) is 0 Å². The second-order valence-electron chi connectivity index (χ2n) is 6.18. The summed E-state index contributed by atoms with van der Waals surface area (Å²) < 4.78 is 5.03. The van der Waals surface area contributed by atoms with Crippen LogP contribution in [-0.2, 0) is 9.53 Å². The molecule has 1 N–H and O–H groups in total. The number of carboxylic acids is 1. The van der Waals surface area contributed by atoms with Crippen molar-refractivity contribution in [1.29, 1.82) is 0 Å². The molecular weight excluding hydrogens is 272 g/mol. The summed E-state index contributed by atoms with van der Waals surface area (Å²) in [5, 5.41) is 9.66. The first-order valence-corrected chi connectivity index (χ1v) is 7.85. The molecule has 2 rings (SSSR count). The van der Waals surface area contributed by atoms with Gasteiger partial charge >= 0.3 is 12.0 Å². The van der Waals surface area contributed by atoms with Crippen LogP contribution in [-0.4, -0.2) is 66.8 Å². The van der Waals surface area contributed by atoms with Gasteiger partial charge in [0.2, 0.25) is 0 Å². The highest BCUT2D eigenvalue weighted by molar-refractivity contribution is 5.79. The smallest absolute Gasteiger partial charge is 0.320 e. The molecule has 2 heterocycles. The summed E-state index contributed by atoms with van der Waals surface area (Å²) in [5.41, 5.74) is -0.799. The summed E-state index contributed by atoms with van der Waals surface area (Å²) in [5.74, 6) is -0.780. The molecule has 21 heavy (non-hydrogen) atoms. The Morgan fingerprint density at radius 2 is 1.81 bits per heavy atom. The minimum Gasteiger partial charge on any atom is -0.481 e. The van der Waals surface area contributed by atoms with Gasteiger partial charge in [0.05, 0.1) is 5.41 Å². The number of hydrogen-bond donors (Lipinski definition) is 1. The Morgan fingerprint density at radius 3 is 2.43 bits per heavy atom. The molecule has 6 heteroatoms. The maximum atomic E-state index is 12.5. The Labute approximate surface area is 126 Å². The predicted molar refractivity (Wildman–Crippen MR) is 78.2 cm³/mol. The van der Waals surface area contributed by atoms with Crippen LogP contribution in [0, 0.1) is 5.41 Å². The predicted octanol–water partition coefficient (Wildman–Crippen LogP) is 1.80. The maximum absolute atomic E-state index is 12.5. The van der Waals surface area contributed by atoms with Crippen molar-refractivity contribution in [2.75, 3.05) is 39.9 Å². The molecule has 2 saturated heterocycles. The fourth-order valence-corrected chi connectivity index (χ4v) is 3.44. The van der Waals surface area contributed by atoms with E-state index in [0.29, 0.717) is 39.0 Å². The van der Waals surface area contributed by atoms with Crippen LogP contribution >= 0.6 is 0 Å². The molecule has 2 aliphatic rings. The molecule has 120 valence electrons. The molecule has 0 spiro atoms. The molecule has 6 nitrogen and oxygen atoms in total. The fraction of sp³-hybridized carbons (Fsp3) is 0.867. The first-order valence-electron chi connectivity index (χ1n) is 7.85. The van der Waals surface area contributed by atoms with Crippen molar-refractivity contribution in [1.82, 2.24) is 9.80 Å². The summed E-state index contributed by atoms with van der Waals surface area (Å²) in [6, 6.07) is 0.0181. The Balaban J connectivity index is 2.01. The Hall–Kier alpha value is -1.30. The molecule has 0 aromatic heterocycles. The molecule has 2 fully saturated rings. The maximum Gasteiger partial charge on any atom is 0.320 e. The van der Waals surface area contributed by atoms with Gasteiger partial charge in [0.25, 0.3) is 0 Å². The normalized spacial score (nSPS) is 26.1. The average Bonchev–Trinajstić information content (AvgIpc) is 3.01. The van der Waals surface area contributed by atoms with E-state index in [-0.39, 0.29) is 6.03 Å². The second-order valence-corrected chi connectivity index (χ2v) is 6.18. The van der Waals surface area contributed by atoms with Gasteiger partial charge < -0.3 is 19.6 Å². The topological polar surface area (TPSA) is 70.1 Å². The number of carbonyl (C=O) groups excluding carboxylic acids is 1. The number of likely N-dealkylation sites (tertiary alicyclic amines) is 2. The monoisotopic (exact) mass is 298 g/mol. The number of amides is 2. The second kappa shape index (κ2) is 7.11. The van der Waals surface area contributed by atoms with Gasteiger partial charge in [-0.2, -0.15) is 0 Å². The van der Waals surface area contributed by atoms with Crippen molar-refractivity contribution in [2.45, 2.75) is 38.5 Å². The number of rotatable bonds is 5. The highest BCUT2D eigenvalue weighted by atomic mass is 16.5. The highest BCUT2D eigenvalue weighted by Gasteiger charge is 2.43. The van der Waals surface area contributed by atoms with E-state index in [2.05, 4.69) is 0 Å². The molecule has 0 aromatic rings. The molecule has 0 bridgehead atoms. The first-order chi connectivity index (χ1) is 10.1. The first kappa shape index (κ1) is 16.1. The van der Waals surface area contributed by atoms with Crippen LogP contribution < -0.4 is 0 Å². The zero-order valence-corrected chi connectivity index (χ0v) is 12.8. The number of nitrogens with zero attached hydrogens (tertiary/aromatic N) is 2. The molecule has 1 unspecified atom stereocenters. The fourth-order valence-electron chi connectivity index (χ4n) is 3.44. The van der Waals surface area contributed by atoms with Crippen LogP contribution in [0.3, 0.4) is 0 Å². The van der Waals surface area contributed by atoms with Gasteiger partial charge in [-0.1, -0.05) is 0 Å². The van der Waals surface area contributed by atoms with Gasteiger partial charge in [0.15, 0.2) is 0 Å².